The van der Waals surface area contributed by atoms with Crippen LogP contribution in [0.5, 0.6) is 0 Å². The lowest BCUT2D eigenvalue weighted by molar-refractivity contribution is -0.101. The Morgan fingerprint density at radius 3 is 1.88 bits per heavy atom. The third-order valence-electron chi connectivity index (χ3n) is 2.81. The Kier molecular flexibility index (Phi) is 3.20. The average molecular weight is 313 g/mol. The first-order chi connectivity index (χ1) is 7.86. The van der Waals surface area contributed by atoms with Gasteiger partial charge in [-0.05, 0) is 22.4 Å². The van der Waals surface area contributed by atoms with Crippen LogP contribution in [-0.2, 0) is 11.2 Å². The quantitative estimate of drug-likeness (QED) is 0.461. The van der Waals surface area contributed by atoms with Gasteiger partial charge in [0, 0.05) is 11.0 Å². The van der Waals surface area contributed by atoms with Crippen molar-refractivity contribution in [2.75, 3.05) is 13.2 Å². The summed E-state index contributed by atoms with van der Waals surface area (Å²) in [6, 6.07) is 0. The third kappa shape index (κ3) is 2.08. The van der Waals surface area contributed by atoms with Crippen LogP contribution in [0.3, 0.4) is 0 Å². The van der Waals surface area contributed by atoms with Crippen LogP contribution in [0.15, 0.2) is 4.47 Å². The molecule has 0 aromatic heterocycles. The summed E-state index contributed by atoms with van der Waals surface area (Å²) >= 11 is 2.47. The van der Waals surface area contributed by atoms with Crippen LogP contribution in [0.2, 0.25) is 0 Å². The fourth-order valence-electron chi connectivity index (χ4n) is 1.78. The molecule has 6 heteroatoms. The highest BCUT2D eigenvalue weighted by atomic mass is 79.9. The minimum absolute atomic E-state index is 0.0915. The molecule has 1 aliphatic rings. The number of hydrogen-bond acceptors (Lipinski definition) is 1. The van der Waals surface area contributed by atoms with Crippen LogP contribution in [0.25, 0.3) is 0 Å². The number of ether oxygens (including phenoxy) is 1. The van der Waals surface area contributed by atoms with Gasteiger partial charge in [0.15, 0.2) is 23.3 Å². The van der Waals surface area contributed by atoms with E-state index in [1.807, 2.05) is 0 Å². The molecular weight excluding hydrogens is 304 g/mol. The van der Waals surface area contributed by atoms with Crippen molar-refractivity contribution in [3.63, 3.8) is 0 Å². The zero-order valence-corrected chi connectivity index (χ0v) is 10.5. The van der Waals surface area contributed by atoms with Crippen molar-refractivity contribution in [3.05, 3.63) is 33.3 Å². The van der Waals surface area contributed by atoms with Gasteiger partial charge >= 0.3 is 0 Å². The van der Waals surface area contributed by atoms with Crippen LogP contribution in [0.4, 0.5) is 17.6 Å². The maximum Gasteiger partial charge on any atom is 0.176 e. The molecule has 1 nitrogen and oxygen atoms in total. The highest BCUT2D eigenvalue weighted by molar-refractivity contribution is 9.10. The maximum atomic E-state index is 13.5. The minimum atomic E-state index is -1.40. The SMILES string of the molecule is CC1(Cc2c(F)c(F)c(Br)c(F)c2F)COC1. The van der Waals surface area contributed by atoms with Crippen molar-refractivity contribution in [3.8, 4) is 0 Å². The van der Waals surface area contributed by atoms with Gasteiger partial charge < -0.3 is 4.74 Å². The number of benzene rings is 1. The Labute approximate surface area is 104 Å². The molecule has 1 saturated heterocycles. The lowest BCUT2D eigenvalue weighted by Crippen LogP contribution is -2.42. The Balaban J connectivity index is 2.46. The summed E-state index contributed by atoms with van der Waals surface area (Å²) in [5, 5.41) is 0. The van der Waals surface area contributed by atoms with Gasteiger partial charge in [-0.3, -0.25) is 0 Å². The van der Waals surface area contributed by atoms with Crippen LogP contribution < -0.4 is 0 Å². The molecule has 0 bridgehead atoms. The summed E-state index contributed by atoms with van der Waals surface area (Å²) in [6.45, 7) is 2.39. The molecule has 0 aliphatic carbocycles. The van der Waals surface area contributed by atoms with Gasteiger partial charge in [0.05, 0.1) is 17.7 Å². The van der Waals surface area contributed by atoms with Crippen LogP contribution in [-0.4, -0.2) is 13.2 Å². The number of hydrogen-bond donors (Lipinski definition) is 0. The Morgan fingerprint density at radius 2 is 1.53 bits per heavy atom. The third-order valence-corrected chi connectivity index (χ3v) is 3.50. The van der Waals surface area contributed by atoms with Crippen molar-refractivity contribution < 1.29 is 22.3 Å². The summed E-state index contributed by atoms with van der Waals surface area (Å²) in [6.07, 6.45) is -0.0915. The molecule has 1 aromatic carbocycles. The molecule has 1 aliphatic heterocycles. The lowest BCUT2D eigenvalue weighted by atomic mass is 9.81. The molecular formula is C11H9BrF4O. The molecule has 1 fully saturated rings. The molecule has 0 amide bonds. The van der Waals surface area contributed by atoms with E-state index in [-0.39, 0.29) is 6.42 Å². The molecule has 0 spiro atoms. The smallest absolute Gasteiger partial charge is 0.176 e. The van der Waals surface area contributed by atoms with Crippen molar-refractivity contribution in [2.24, 2.45) is 5.41 Å². The van der Waals surface area contributed by atoms with Crippen LogP contribution in [0.1, 0.15) is 12.5 Å². The van der Waals surface area contributed by atoms with Gasteiger partial charge in [-0.15, -0.1) is 0 Å². The van der Waals surface area contributed by atoms with Crippen molar-refractivity contribution in [1.82, 2.24) is 0 Å². The number of halogens is 5. The summed E-state index contributed by atoms with van der Waals surface area (Å²) in [5.74, 6) is -5.49. The molecule has 2 rings (SSSR count). The zero-order valence-electron chi connectivity index (χ0n) is 8.92. The first-order valence-corrected chi connectivity index (χ1v) is 5.73. The van der Waals surface area contributed by atoms with E-state index in [2.05, 4.69) is 15.9 Å². The van der Waals surface area contributed by atoms with Gasteiger partial charge in [-0.2, -0.15) is 0 Å². The fraction of sp³-hybridized carbons (Fsp3) is 0.455. The standard InChI is InChI=1S/C11H9BrF4O/c1-11(3-17-4-11)2-5-7(13)9(15)6(12)10(16)8(5)14/h2-4H2,1H3. The predicted octanol–water partition coefficient (Wildman–Crippen LogP) is 3.58. The second-order valence-electron chi connectivity index (χ2n) is 4.53. The van der Waals surface area contributed by atoms with E-state index in [0.29, 0.717) is 13.2 Å². The van der Waals surface area contributed by atoms with Crippen LogP contribution in [0, 0.1) is 28.7 Å². The second kappa shape index (κ2) is 4.24. The minimum Gasteiger partial charge on any atom is -0.380 e. The zero-order chi connectivity index (χ0) is 12.8. The van der Waals surface area contributed by atoms with E-state index in [4.69, 9.17) is 4.74 Å². The number of rotatable bonds is 2. The first-order valence-electron chi connectivity index (χ1n) is 4.94. The molecule has 0 saturated carbocycles. The van der Waals surface area contributed by atoms with Gasteiger partial charge in [-0.1, -0.05) is 6.92 Å². The Morgan fingerprint density at radius 1 is 1.06 bits per heavy atom. The van der Waals surface area contributed by atoms with Crippen molar-refractivity contribution in [1.29, 1.82) is 0 Å². The first kappa shape index (κ1) is 12.8. The van der Waals surface area contributed by atoms with E-state index in [9.17, 15) is 17.6 Å². The highest BCUT2D eigenvalue weighted by Gasteiger charge is 2.37. The average Bonchev–Trinajstić information content (AvgIpc) is 2.27. The predicted molar refractivity (Wildman–Crippen MR) is 56.6 cm³/mol. The maximum absolute atomic E-state index is 13.5. The molecule has 0 atom stereocenters. The van der Waals surface area contributed by atoms with E-state index in [1.165, 1.54) is 0 Å². The Bertz CT molecular complexity index is 442. The summed E-state index contributed by atoms with van der Waals surface area (Å²) in [5.41, 5.74) is -1.03. The molecule has 94 valence electrons. The van der Waals surface area contributed by atoms with E-state index < -0.39 is 38.7 Å². The molecule has 1 aromatic rings. The monoisotopic (exact) mass is 312 g/mol. The van der Waals surface area contributed by atoms with Crippen molar-refractivity contribution >= 4 is 15.9 Å². The van der Waals surface area contributed by atoms with E-state index >= 15 is 0 Å². The summed E-state index contributed by atoms with van der Waals surface area (Å²) < 4.78 is 57.7. The van der Waals surface area contributed by atoms with E-state index in [0.717, 1.165) is 0 Å². The molecule has 0 radical (unpaired) electrons. The normalized spacial score (nSPS) is 18.0. The van der Waals surface area contributed by atoms with Gasteiger partial charge in [0.1, 0.15) is 0 Å². The molecule has 0 N–H and O–H groups in total. The molecule has 17 heavy (non-hydrogen) atoms. The largest absolute Gasteiger partial charge is 0.380 e. The lowest BCUT2D eigenvalue weighted by Gasteiger charge is -2.38. The fourth-order valence-corrected chi connectivity index (χ4v) is 2.13. The Hall–Kier alpha value is -0.620. The molecule has 0 unspecified atom stereocenters. The summed E-state index contributed by atoms with van der Waals surface area (Å²) in [7, 11) is 0. The van der Waals surface area contributed by atoms with Gasteiger partial charge in [0.2, 0.25) is 0 Å². The molecule has 1 heterocycles. The van der Waals surface area contributed by atoms with Crippen LogP contribution >= 0.6 is 15.9 Å². The summed E-state index contributed by atoms with van der Waals surface area (Å²) in [4.78, 5) is 0. The van der Waals surface area contributed by atoms with Gasteiger partial charge in [0.25, 0.3) is 0 Å². The van der Waals surface area contributed by atoms with Crippen molar-refractivity contribution in [2.45, 2.75) is 13.3 Å². The van der Waals surface area contributed by atoms with Gasteiger partial charge in [-0.25, -0.2) is 17.6 Å². The topological polar surface area (TPSA) is 9.23 Å². The van der Waals surface area contributed by atoms with E-state index in [1.54, 1.807) is 6.92 Å². The second-order valence-corrected chi connectivity index (χ2v) is 5.32. The highest BCUT2D eigenvalue weighted by Crippen LogP contribution is 2.35.